The summed E-state index contributed by atoms with van der Waals surface area (Å²) in [5.74, 6) is 1.41. The number of allylic oxidation sites excluding steroid dienone is 2. The number of amides is 2. The fourth-order valence-corrected chi connectivity index (χ4v) is 5.22. The largest absolute Gasteiger partial charge is 0.274 e. The lowest BCUT2D eigenvalue weighted by Crippen LogP contribution is -2.40. The SMILES string of the molecule is Cc1nnc(N2C(=O)[C@@H]3[C@H]4C=C[C@@H]([C@@H]5C[C@H]45)[C@H]3C2=O)s1. The Morgan fingerprint density at radius 1 is 1.10 bits per heavy atom. The maximum atomic E-state index is 12.7. The van der Waals surface area contributed by atoms with E-state index in [0.29, 0.717) is 17.0 Å². The van der Waals surface area contributed by atoms with Gasteiger partial charge in [0.05, 0.1) is 11.8 Å². The number of hydrogen-bond acceptors (Lipinski definition) is 5. The molecule has 0 spiro atoms. The number of aromatic nitrogens is 2. The van der Waals surface area contributed by atoms with Crippen LogP contribution in [-0.2, 0) is 9.59 Å². The first kappa shape index (κ1) is 11.1. The van der Waals surface area contributed by atoms with Gasteiger partial charge in [0.1, 0.15) is 5.01 Å². The molecule has 5 aliphatic rings. The van der Waals surface area contributed by atoms with E-state index < -0.39 is 0 Å². The molecule has 5 nitrogen and oxygen atoms in total. The molecule has 6 rings (SSSR count). The molecule has 2 heterocycles. The van der Waals surface area contributed by atoms with E-state index >= 15 is 0 Å². The predicted molar refractivity (Wildman–Crippen MR) is 71.8 cm³/mol. The average molecular weight is 287 g/mol. The molecule has 20 heavy (non-hydrogen) atoms. The summed E-state index contributed by atoms with van der Waals surface area (Å²) < 4.78 is 0. The molecule has 6 atom stereocenters. The molecule has 1 saturated heterocycles. The lowest BCUT2D eigenvalue weighted by atomic mass is 9.63. The number of rotatable bonds is 1. The van der Waals surface area contributed by atoms with Gasteiger partial charge < -0.3 is 0 Å². The average Bonchev–Trinajstić information content (AvgIpc) is 3.10. The minimum Gasteiger partial charge on any atom is -0.274 e. The predicted octanol–water partition coefficient (Wildman–Crippen LogP) is 1.40. The van der Waals surface area contributed by atoms with Gasteiger partial charge in [-0.2, -0.15) is 0 Å². The highest BCUT2D eigenvalue weighted by Crippen LogP contribution is 2.65. The van der Waals surface area contributed by atoms with Gasteiger partial charge >= 0.3 is 0 Å². The van der Waals surface area contributed by atoms with Crippen molar-refractivity contribution in [3.05, 3.63) is 17.2 Å². The number of hydrogen-bond donors (Lipinski definition) is 0. The highest BCUT2D eigenvalue weighted by Gasteiger charge is 2.67. The lowest BCUT2D eigenvalue weighted by molar-refractivity contribution is -0.124. The molecule has 2 saturated carbocycles. The minimum absolute atomic E-state index is 0.0548. The van der Waals surface area contributed by atoms with Gasteiger partial charge in [-0.15, -0.1) is 10.2 Å². The second-order valence-electron chi connectivity index (χ2n) is 6.27. The quantitative estimate of drug-likeness (QED) is 0.578. The third-order valence-electron chi connectivity index (χ3n) is 5.37. The van der Waals surface area contributed by atoms with Crippen molar-refractivity contribution >= 4 is 28.3 Å². The number of aryl methyl sites for hydroxylation is 1. The van der Waals surface area contributed by atoms with Crippen molar-refractivity contribution in [2.45, 2.75) is 13.3 Å². The molecule has 4 aliphatic carbocycles. The van der Waals surface area contributed by atoms with Crippen LogP contribution in [0, 0.1) is 42.4 Å². The van der Waals surface area contributed by atoms with Crippen molar-refractivity contribution in [1.29, 1.82) is 0 Å². The Hall–Kier alpha value is -1.56. The summed E-state index contributed by atoms with van der Waals surface area (Å²) in [5, 5.41) is 9.14. The monoisotopic (exact) mass is 287 g/mol. The summed E-state index contributed by atoms with van der Waals surface area (Å²) in [6.45, 7) is 1.83. The van der Waals surface area contributed by atoms with E-state index in [1.807, 2.05) is 6.92 Å². The molecule has 0 N–H and O–H groups in total. The normalized spacial score (nSPS) is 44.0. The van der Waals surface area contributed by atoms with Crippen LogP contribution in [0.4, 0.5) is 5.13 Å². The molecule has 2 amide bonds. The molecule has 0 unspecified atom stereocenters. The molecule has 1 aromatic rings. The van der Waals surface area contributed by atoms with Gasteiger partial charge in [-0.25, -0.2) is 4.90 Å². The smallest absolute Gasteiger partial charge is 0.240 e. The second-order valence-corrected chi connectivity index (χ2v) is 7.43. The van der Waals surface area contributed by atoms with Crippen LogP contribution in [0.1, 0.15) is 11.4 Å². The summed E-state index contributed by atoms with van der Waals surface area (Å²) in [6.07, 6.45) is 5.55. The van der Waals surface area contributed by atoms with E-state index in [0.717, 1.165) is 5.01 Å². The van der Waals surface area contributed by atoms with Crippen molar-refractivity contribution in [1.82, 2.24) is 10.2 Å². The van der Waals surface area contributed by atoms with Gasteiger partial charge in [-0.1, -0.05) is 23.5 Å². The fourth-order valence-electron chi connectivity index (χ4n) is 4.52. The summed E-state index contributed by atoms with van der Waals surface area (Å²) >= 11 is 1.31. The van der Waals surface area contributed by atoms with Crippen molar-refractivity contribution < 1.29 is 9.59 Å². The number of anilines is 1. The molecular formula is C14H13N3O2S. The minimum atomic E-state index is -0.148. The van der Waals surface area contributed by atoms with E-state index in [1.54, 1.807) is 0 Å². The molecule has 1 aromatic heterocycles. The standard InChI is InChI=1S/C14H13N3O2S/c1-5-15-16-14(20-5)17-12(18)10-6-2-3-7(9-4-8(6)9)11(10)13(17)19/h2-3,6-11H,4H2,1H3/t6-,7-,8-,9+,10+,11+/m0/s1. The Morgan fingerprint density at radius 3 is 2.20 bits per heavy atom. The highest BCUT2D eigenvalue weighted by molar-refractivity contribution is 7.15. The Morgan fingerprint density at radius 2 is 1.70 bits per heavy atom. The molecular weight excluding hydrogens is 274 g/mol. The molecule has 1 aliphatic heterocycles. The molecule has 0 aromatic carbocycles. The first-order valence-electron chi connectivity index (χ1n) is 7.03. The third-order valence-corrected chi connectivity index (χ3v) is 6.19. The van der Waals surface area contributed by atoms with Crippen LogP contribution in [-0.4, -0.2) is 22.0 Å². The van der Waals surface area contributed by atoms with Crippen LogP contribution in [0.25, 0.3) is 0 Å². The summed E-state index contributed by atoms with van der Waals surface area (Å²) in [4.78, 5) is 26.8. The zero-order chi connectivity index (χ0) is 13.6. The maximum absolute atomic E-state index is 12.7. The molecule has 6 heteroatoms. The molecule has 102 valence electrons. The van der Waals surface area contributed by atoms with Crippen molar-refractivity contribution in [3.63, 3.8) is 0 Å². The van der Waals surface area contributed by atoms with Gasteiger partial charge in [-0.05, 0) is 37.0 Å². The molecule has 3 fully saturated rings. The topological polar surface area (TPSA) is 63.2 Å². The van der Waals surface area contributed by atoms with Crippen molar-refractivity contribution in [2.75, 3.05) is 4.90 Å². The summed E-state index contributed by atoms with van der Waals surface area (Å²) in [5.41, 5.74) is 0. The Bertz CT molecular complexity index is 646. The van der Waals surface area contributed by atoms with Crippen LogP contribution in [0.5, 0.6) is 0 Å². The van der Waals surface area contributed by atoms with E-state index in [2.05, 4.69) is 22.3 Å². The molecule has 0 radical (unpaired) electrons. The van der Waals surface area contributed by atoms with Crippen LogP contribution in [0.3, 0.4) is 0 Å². The number of carbonyl (C=O) groups is 2. The third kappa shape index (κ3) is 1.15. The van der Waals surface area contributed by atoms with E-state index in [1.165, 1.54) is 22.7 Å². The van der Waals surface area contributed by atoms with Crippen LogP contribution in [0.2, 0.25) is 0 Å². The fraction of sp³-hybridized carbons (Fsp3) is 0.571. The summed E-state index contributed by atoms with van der Waals surface area (Å²) in [6, 6.07) is 0. The van der Waals surface area contributed by atoms with Gasteiger partial charge in [0.25, 0.3) is 0 Å². The number of nitrogens with zero attached hydrogens (tertiary/aromatic N) is 3. The van der Waals surface area contributed by atoms with E-state index in [4.69, 9.17) is 0 Å². The van der Waals surface area contributed by atoms with Crippen molar-refractivity contribution in [2.24, 2.45) is 35.5 Å². The Balaban J connectivity index is 1.60. The summed E-state index contributed by atoms with van der Waals surface area (Å²) in [7, 11) is 0. The van der Waals surface area contributed by atoms with Gasteiger partial charge in [0, 0.05) is 0 Å². The Labute approximate surface area is 119 Å². The number of imide groups is 1. The van der Waals surface area contributed by atoms with Crippen LogP contribution < -0.4 is 4.90 Å². The zero-order valence-corrected chi connectivity index (χ0v) is 11.7. The first-order valence-corrected chi connectivity index (χ1v) is 7.84. The lowest BCUT2D eigenvalue weighted by Gasteiger charge is -2.37. The van der Waals surface area contributed by atoms with Gasteiger partial charge in [-0.3, -0.25) is 9.59 Å². The van der Waals surface area contributed by atoms with Crippen LogP contribution >= 0.6 is 11.3 Å². The maximum Gasteiger partial charge on any atom is 0.240 e. The van der Waals surface area contributed by atoms with Crippen molar-refractivity contribution in [3.8, 4) is 0 Å². The zero-order valence-electron chi connectivity index (χ0n) is 10.9. The van der Waals surface area contributed by atoms with E-state index in [9.17, 15) is 9.59 Å². The first-order chi connectivity index (χ1) is 9.66. The Kier molecular flexibility index (Phi) is 1.87. The number of carbonyl (C=O) groups excluding carboxylic acids is 2. The van der Waals surface area contributed by atoms with Gasteiger partial charge in [0.15, 0.2) is 0 Å². The highest BCUT2D eigenvalue weighted by atomic mass is 32.1. The van der Waals surface area contributed by atoms with E-state index in [-0.39, 0.29) is 35.5 Å². The van der Waals surface area contributed by atoms with Crippen LogP contribution in [0.15, 0.2) is 12.2 Å². The molecule has 2 bridgehead atoms. The second kappa shape index (κ2) is 3.36. The van der Waals surface area contributed by atoms with Gasteiger partial charge in [0.2, 0.25) is 16.9 Å².